The highest BCUT2D eigenvalue weighted by atomic mass is 16.2. The standard InChI is InChI=1S/C25H30N4O3/c1-16-7-9-18(10-8-16)25(32)29-13-11-21-20(15-29)23(30)27-22(26-21)19-6-3-12-28(14-19)24(31)17-4-2-5-17/h7-10,17,19H,2-6,11-15H2,1H3,(H,26,27,30)/t19-/m1/s1. The van der Waals surface area contributed by atoms with E-state index in [1.165, 1.54) is 0 Å². The summed E-state index contributed by atoms with van der Waals surface area (Å²) >= 11 is 0. The van der Waals surface area contributed by atoms with Crippen LogP contribution in [0.4, 0.5) is 0 Å². The van der Waals surface area contributed by atoms with Gasteiger partial charge in [0.1, 0.15) is 5.82 Å². The molecule has 1 aromatic heterocycles. The fourth-order valence-electron chi connectivity index (χ4n) is 5.00. The van der Waals surface area contributed by atoms with E-state index >= 15 is 0 Å². The Morgan fingerprint density at radius 1 is 1.03 bits per heavy atom. The molecule has 2 aromatic rings. The number of nitrogens with one attached hydrogen (secondary N) is 1. The molecular formula is C25H30N4O3. The summed E-state index contributed by atoms with van der Waals surface area (Å²) in [6, 6.07) is 7.51. The highest BCUT2D eigenvalue weighted by Crippen LogP contribution is 2.32. The van der Waals surface area contributed by atoms with Crippen LogP contribution in [0.2, 0.25) is 0 Å². The van der Waals surface area contributed by atoms with Crippen molar-refractivity contribution in [3.8, 4) is 0 Å². The predicted molar refractivity (Wildman–Crippen MR) is 120 cm³/mol. The van der Waals surface area contributed by atoms with Gasteiger partial charge < -0.3 is 14.8 Å². The molecule has 1 atom stereocenters. The zero-order valence-electron chi connectivity index (χ0n) is 18.6. The zero-order valence-corrected chi connectivity index (χ0v) is 18.6. The summed E-state index contributed by atoms with van der Waals surface area (Å²) in [4.78, 5) is 50.0. The third kappa shape index (κ3) is 3.96. The van der Waals surface area contributed by atoms with Crippen molar-refractivity contribution in [3.63, 3.8) is 0 Å². The number of benzene rings is 1. The predicted octanol–water partition coefficient (Wildman–Crippen LogP) is 2.78. The first-order valence-corrected chi connectivity index (χ1v) is 11.8. The van der Waals surface area contributed by atoms with E-state index in [0.29, 0.717) is 36.5 Å². The van der Waals surface area contributed by atoms with Gasteiger partial charge in [-0.05, 0) is 44.7 Å². The highest BCUT2D eigenvalue weighted by molar-refractivity contribution is 5.94. The average Bonchev–Trinajstić information content (AvgIpc) is 2.78. The molecule has 1 aromatic carbocycles. The number of fused-ring (bicyclic) bond motifs is 1. The van der Waals surface area contributed by atoms with Crippen molar-refractivity contribution < 1.29 is 9.59 Å². The van der Waals surface area contributed by atoms with Gasteiger partial charge in [-0.25, -0.2) is 4.98 Å². The van der Waals surface area contributed by atoms with E-state index < -0.39 is 0 Å². The smallest absolute Gasteiger partial charge is 0.256 e. The van der Waals surface area contributed by atoms with Gasteiger partial charge in [0.05, 0.1) is 17.8 Å². The van der Waals surface area contributed by atoms with Crippen LogP contribution >= 0.6 is 0 Å². The van der Waals surface area contributed by atoms with E-state index in [9.17, 15) is 14.4 Å². The molecule has 0 bridgehead atoms. The van der Waals surface area contributed by atoms with Crippen molar-refractivity contribution in [3.05, 3.63) is 62.8 Å². The van der Waals surface area contributed by atoms with Crippen molar-refractivity contribution in [1.82, 2.24) is 19.8 Å². The summed E-state index contributed by atoms with van der Waals surface area (Å²) in [6.07, 6.45) is 5.59. The molecule has 0 unspecified atom stereocenters. The maximum absolute atomic E-state index is 12.9. The van der Waals surface area contributed by atoms with Gasteiger partial charge in [-0.15, -0.1) is 0 Å². The van der Waals surface area contributed by atoms with Crippen molar-refractivity contribution in [1.29, 1.82) is 0 Å². The third-order valence-electron chi connectivity index (χ3n) is 7.25. The zero-order chi connectivity index (χ0) is 22.2. The lowest BCUT2D eigenvalue weighted by molar-refractivity contribution is -0.139. The second-order valence-electron chi connectivity index (χ2n) is 9.47. The number of piperidine rings is 1. The first-order valence-electron chi connectivity index (χ1n) is 11.8. The molecule has 2 fully saturated rings. The van der Waals surface area contributed by atoms with Gasteiger partial charge in [-0.1, -0.05) is 24.1 Å². The van der Waals surface area contributed by atoms with Crippen LogP contribution in [0, 0.1) is 12.8 Å². The first kappa shape index (κ1) is 20.9. The summed E-state index contributed by atoms with van der Waals surface area (Å²) in [6.45, 7) is 4.25. The van der Waals surface area contributed by atoms with Crippen LogP contribution in [-0.2, 0) is 17.8 Å². The first-order chi connectivity index (χ1) is 15.5. The van der Waals surface area contributed by atoms with Crippen LogP contribution in [-0.4, -0.2) is 51.2 Å². The molecular weight excluding hydrogens is 404 g/mol. The number of carbonyl (C=O) groups is 2. The van der Waals surface area contributed by atoms with Crippen molar-refractivity contribution in [2.24, 2.45) is 5.92 Å². The van der Waals surface area contributed by atoms with Gasteiger partial charge in [0.25, 0.3) is 11.5 Å². The minimum Gasteiger partial charge on any atom is -0.342 e. The number of likely N-dealkylation sites (tertiary alicyclic amines) is 1. The fraction of sp³-hybridized carbons (Fsp3) is 0.520. The number of nitrogens with zero attached hydrogens (tertiary/aromatic N) is 3. The van der Waals surface area contributed by atoms with Crippen LogP contribution in [0.3, 0.4) is 0 Å². The molecule has 2 amide bonds. The molecule has 1 aliphatic carbocycles. The minimum atomic E-state index is -0.158. The number of H-pyrrole nitrogens is 1. The molecule has 3 aliphatic rings. The lowest BCUT2D eigenvalue weighted by Crippen LogP contribution is -2.45. The van der Waals surface area contributed by atoms with Crippen LogP contribution in [0.25, 0.3) is 0 Å². The second kappa shape index (κ2) is 8.52. The molecule has 7 heteroatoms. The quantitative estimate of drug-likeness (QED) is 0.805. The number of aromatic nitrogens is 2. The van der Waals surface area contributed by atoms with Crippen molar-refractivity contribution in [2.45, 2.75) is 57.9 Å². The molecule has 1 saturated heterocycles. The molecule has 0 radical (unpaired) electrons. The Morgan fingerprint density at radius 3 is 2.53 bits per heavy atom. The molecule has 1 N–H and O–H groups in total. The number of carbonyl (C=O) groups excluding carboxylic acids is 2. The molecule has 3 heterocycles. The SMILES string of the molecule is Cc1ccc(C(=O)N2CCc3nc([C@@H]4CCCN(C(=O)C5CCC5)C4)[nH]c(=O)c3C2)cc1. The Balaban J connectivity index is 1.31. The van der Waals surface area contributed by atoms with Crippen LogP contribution in [0.5, 0.6) is 0 Å². The van der Waals surface area contributed by atoms with Crippen molar-refractivity contribution >= 4 is 11.8 Å². The minimum absolute atomic E-state index is 0.0587. The van der Waals surface area contributed by atoms with Crippen LogP contribution in [0.1, 0.15) is 71.0 Å². The number of hydrogen-bond acceptors (Lipinski definition) is 4. The van der Waals surface area contributed by atoms with E-state index in [0.717, 1.165) is 49.9 Å². The third-order valence-corrected chi connectivity index (χ3v) is 7.25. The maximum Gasteiger partial charge on any atom is 0.256 e. The van der Waals surface area contributed by atoms with Crippen LogP contribution < -0.4 is 5.56 Å². The van der Waals surface area contributed by atoms with E-state index in [2.05, 4.69) is 4.98 Å². The molecule has 168 valence electrons. The summed E-state index contributed by atoms with van der Waals surface area (Å²) in [5, 5.41) is 0. The number of aromatic amines is 1. The Labute approximate surface area is 187 Å². The Hall–Kier alpha value is -2.96. The van der Waals surface area contributed by atoms with E-state index in [1.54, 1.807) is 4.90 Å². The Morgan fingerprint density at radius 2 is 1.81 bits per heavy atom. The topological polar surface area (TPSA) is 86.4 Å². The van der Waals surface area contributed by atoms with Gasteiger partial charge in [0, 0.05) is 43.5 Å². The molecule has 5 rings (SSSR count). The molecule has 0 spiro atoms. The average molecular weight is 435 g/mol. The molecule has 7 nitrogen and oxygen atoms in total. The van der Waals surface area contributed by atoms with Gasteiger partial charge >= 0.3 is 0 Å². The Kier molecular flexibility index (Phi) is 5.57. The van der Waals surface area contributed by atoms with Gasteiger partial charge in [0.2, 0.25) is 5.91 Å². The van der Waals surface area contributed by atoms with E-state index in [4.69, 9.17) is 4.98 Å². The van der Waals surface area contributed by atoms with Crippen LogP contribution in [0.15, 0.2) is 29.1 Å². The lowest BCUT2D eigenvalue weighted by atomic mass is 9.83. The monoisotopic (exact) mass is 434 g/mol. The number of hydrogen-bond donors (Lipinski definition) is 1. The summed E-state index contributed by atoms with van der Waals surface area (Å²) in [7, 11) is 0. The number of amides is 2. The van der Waals surface area contributed by atoms with Gasteiger partial charge in [-0.3, -0.25) is 14.4 Å². The molecule has 32 heavy (non-hydrogen) atoms. The van der Waals surface area contributed by atoms with E-state index in [-0.39, 0.29) is 35.8 Å². The molecule has 1 saturated carbocycles. The fourth-order valence-corrected chi connectivity index (χ4v) is 5.00. The lowest BCUT2D eigenvalue weighted by Gasteiger charge is -2.37. The Bertz CT molecular complexity index is 1090. The number of rotatable bonds is 3. The number of aryl methyl sites for hydroxylation is 1. The summed E-state index contributed by atoms with van der Waals surface area (Å²) in [5.74, 6) is 1.17. The van der Waals surface area contributed by atoms with Gasteiger partial charge in [0.15, 0.2) is 0 Å². The van der Waals surface area contributed by atoms with Gasteiger partial charge in [-0.2, -0.15) is 0 Å². The summed E-state index contributed by atoms with van der Waals surface area (Å²) < 4.78 is 0. The maximum atomic E-state index is 12.9. The van der Waals surface area contributed by atoms with Crippen molar-refractivity contribution in [2.75, 3.05) is 19.6 Å². The normalized spacial score (nSPS) is 21.1. The molecule has 2 aliphatic heterocycles. The largest absolute Gasteiger partial charge is 0.342 e. The second-order valence-corrected chi connectivity index (χ2v) is 9.47. The van der Waals surface area contributed by atoms with E-state index in [1.807, 2.05) is 36.1 Å². The summed E-state index contributed by atoms with van der Waals surface area (Å²) in [5.41, 5.74) is 2.96. The highest BCUT2D eigenvalue weighted by Gasteiger charge is 2.34.